The molecule has 0 radical (unpaired) electrons. The van der Waals surface area contributed by atoms with E-state index in [-0.39, 0.29) is 11.4 Å². The van der Waals surface area contributed by atoms with Crippen LogP contribution in [-0.4, -0.2) is 29.6 Å². The fourth-order valence-corrected chi connectivity index (χ4v) is 4.00. The number of hydrogen-bond donors (Lipinski definition) is 1. The van der Waals surface area contributed by atoms with Gasteiger partial charge in [-0.3, -0.25) is 0 Å². The van der Waals surface area contributed by atoms with Crippen molar-refractivity contribution >= 4 is 34.5 Å². The molecule has 3 rings (SSSR count). The Bertz CT molecular complexity index is 786. The maximum absolute atomic E-state index is 13.0. The zero-order valence-corrected chi connectivity index (χ0v) is 14.1. The van der Waals surface area contributed by atoms with E-state index in [4.69, 9.17) is 4.74 Å². The van der Waals surface area contributed by atoms with E-state index in [1.165, 1.54) is 23.6 Å². The van der Waals surface area contributed by atoms with Gasteiger partial charge in [-0.2, -0.15) is 13.2 Å². The van der Waals surface area contributed by atoms with E-state index in [1.54, 1.807) is 6.07 Å². The van der Waals surface area contributed by atoms with E-state index < -0.39 is 24.6 Å². The standard InChI is InChI=1S/C16H17F3N2O2S/c1-3-9-4-5-12-14-11(9)6-13(15(22)23-2)21(14)10(8-24-20-12)7-16(17,18)19/h4-6,10,20H,3,7-8H2,1-2H3. The molecule has 4 nitrogen and oxygen atoms in total. The molecule has 1 N–H and O–H groups in total. The Morgan fingerprint density at radius 3 is 2.83 bits per heavy atom. The van der Waals surface area contributed by atoms with Crippen LogP contribution in [-0.2, 0) is 11.2 Å². The second-order valence-electron chi connectivity index (χ2n) is 5.67. The van der Waals surface area contributed by atoms with Gasteiger partial charge >= 0.3 is 12.1 Å². The number of methoxy groups -OCH3 is 1. The van der Waals surface area contributed by atoms with Crippen molar-refractivity contribution in [3.05, 3.63) is 29.5 Å². The van der Waals surface area contributed by atoms with E-state index in [9.17, 15) is 18.0 Å². The zero-order chi connectivity index (χ0) is 17.5. The molecule has 1 atom stereocenters. The summed E-state index contributed by atoms with van der Waals surface area (Å²) in [6.07, 6.45) is -4.59. The summed E-state index contributed by atoms with van der Waals surface area (Å²) >= 11 is 1.22. The summed E-state index contributed by atoms with van der Waals surface area (Å²) < 4.78 is 48.5. The number of esters is 1. The molecule has 2 heterocycles. The number of nitrogens with one attached hydrogen (secondary N) is 1. The molecule has 2 aromatic rings. The van der Waals surface area contributed by atoms with E-state index in [0.717, 1.165) is 17.4 Å². The molecule has 0 saturated heterocycles. The maximum Gasteiger partial charge on any atom is 0.391 e. The summed E-state index contributed by atoms with van der Waals surface area (Å²) in [4.78, 5) is 12.2. The number of benzene rings is 1. The number of hydrogen-bond acceptors (Lipinski definition) is 4. The highest BCUT2D eigenvalue weighted by Gasteiger charge is 2.36. The van der Waals surface area contributed by atoms with Crippen molar-refractivity contribution in [2.24, 2.45) is 0 Å². The number of carbonyl (C=O) groups excluding carboxylic acids is 1. The van der Waals surface area contributed by atoms with Crippen molar-refractivity contribution < 1.29 is 22.7 Å². The van der Waals surface area contributed by atoms with E-state index in [2.05, 4.69) is 4.72 Å². The average molecular weight is 358 g/mol. The first-order chi connectivity index (χ1) is 11.4. The minimum Gasteiger partial charge on any atom is -0.464 e. The van der Waals surface area contributed by atoms with Crippen LogP contribution in [0.2, 0.25) is 0 Å². The van der Waals surface area contributed by atoms with Crippen LogP contribution in [0.5, 0.6) is 0 Å². The summed E-state index contributed by atoms with van der Waals surface area (Å²) in [6.45, 7) is 1.97. The minimum absolute atomic E-state index is 0.160. The fraction of sp³-hybridized carbons (Fsp3) is 0.438. The van der Waals surface area contributed by atoms with Crippen molar-refractivity contribution in [2.75, 3.05) is 17.6 Å². The highest BCUT2D eigenvalue weighted by molar-refractivity contribution is 8.00. The molecule has 8 heteroatoms. The quantitative estimate of drug-likeness (QED) is 0.645. The van der Waals surface area contributed by atoms with Crippen LogP contribution >= 0.6 is 11.9 Å². The van der Waals surface area contributed by atoms with Gasteiger partial charge in [0, 0.05) is 11.1 Å². The predicted molar refractivity (Wildman–Crippen MR) is 88.4 cm³/mol. The molecule has 24 heavy (non-hydrogen) atoms. The molecule has 0 saturated carbocycles. The number of rotatable bonds is 3. The zero-order valence-electron chi connectivity index (χ0n) is 13.2. The first-order valence-electron chi connectivity index (χ1n) is 7.55. The van der Waals surface area contributed by atoms with Gasteiger partial charge < -0.3 is 14.0 Å². The first-order valence-corrected chi connectivity index (χ1v) is 8.54. The van der Waals surface area contributed by atoms with Crippen LogP contribution in [0.4, 0.5) is 18.9 Å². The normalized spacial score (nSPS) is 17.5. The average Bonchev–Trinajstić information content (AvgIpc) is 2.83. The molecular weight excluding hydrogens is 341 g/mol. The van der Waals surface area contributed by atoms with Gasteiger partial charge in [-0.05, 0) is 24.1 Å². The van der Waals surface area contributed by atoms with Crippen molar-refractivity contribution in [3.8, 4) is 0 Å². The van der Waals surface area contributed by atoms with Crippen LogP contribution in [0.25, 0.3) is 10.9 Å². The third kappa shape index (κ3) is 2.94. The van der Waals surface area contributed by atoms with Crippen LogP contribution in [0.1, 0.15) is 35.4 Å². The van der Waals surface area contributed by atoms with Gasteiger partial charge in [0.1, 0.15) is 5.69 Å². The monoisotopic (exact) mass is 358 g/mol. The number of aromatic nitrogens is 1. The van der Waals surface area contributed by atoms with Gasteiger partial charge in [0.25, 0.3) is 0 Å². The number of alkyl halides is 3. The summed E-state index contributed by atoms with van der Waals surface area (Å²) in [7, 11) is 1.23. The van der Waals surface area contributed by atoms with Crippen LogP contribution in [0.15, 0.2) is 18.2 Å². The van der Waals surface area contributed by atoms with Crippen LogP contribution < -0.4 is 4.72 Å². The summed E-state index contributed by atoms with van der Waals surface area (Å²) in [5, 5.41) is 0.789. The van der Waals surface area contributed by atoms with E-state index in [0.29, 0.717) is 11.2 Å². The highest BCUT2D eigenvalue weighted by Crippen LogP contribution is 2.41. The molecule has 0 bridgehead atoms. The molecule has 130 valence electrons. The molecule has 1 aliphatic rings. The van der Waals surface area contributed by atoms with Crippen LogP contribution in [0.3, 0.4) is 0 Å². The topological polar surface area (TPSA) is 43.3 Å². The van der Waals surface area contributed by atoms with Crippen molar-refractivity contribution in [2.45, 2.75) is 32.0 Å². The summed E-state index contributed by atoms with van der Waals surface area (Å²) in [5.41, 5.74) is 2.49. The molecule has 0 amide bonds. The lowest BCUT2D eigenvalue weighted by molar-refractivity contribution is -0.141. The van der Waals surface area contributed by atoms with Gasteiger partial charge in [0.05, 0.1) is 30.8 Å². The Hall–Kier alpha value is -1.83. The molecule has 0 aliphatic carbocycles. The number of aryl methyl sites for hydroxylation is 1. The lowest BCUT2D eigenvalue weighted by atomic mass is 10.1. The van der Waals surface area contributed by atoms with Crippen molar-refractivity contribution in [1.82, 2.24) is 4.57 Å². The van der Waals surface area contributed by atoms with Gasteiger partial charge in [0.2, 0.25) is 0 Å². The number of anilines is 1. The Morgan fingerprint density at radius 2 is 2.21 bits per heavy atom. The Kier molecular flexibility index (Phi) is 4.42. The van der Waals surface area contributed by atoms with Crippen molar-refractivity contribution in [3.63, 3.8) is 0 Å². The molecule has 1 aliphatic heterocycles. The second-order valence-corrected chi connectivity index (χ2v) is 6.49. The number of halogens is 3. The number of carbonyl (C=O) groups is 1. The molecule has 0 spiro atoms. The number of nitrogens with zero attached hydrogens (tertiary/aromatic N) is 1. The van der Waals surface area contributed by atoms with Gasteiger partial charge in [0.15, 0.2) is 0 Å². The highest BCUT2D eigenvalue weighted by atomic mass is 32.2. The van der Waals surface area contributed by atoms with Gasteiger partial charge in [-0.25, -0.2) is 4.79 Å². The SMILES string of the molecule is CCc1ccc2c3c1cc(C(=O)OC)n3C(CC(F)(F)F)CSN2. The predicted octanol–water partition coefficient (Wildman–Crippen LogP) is 4.56. The first kappa shape index (κ1) is 17.0. The van der Waals surface area contributed by atoms with E-state index in [1.807, 2.05) is 19.1 Å². The maximum atomic E-state index is 13.0. The molecule has 1 aromatic heterocycles. The molecule has 0 fully saturated rings. The molecule has 1 unspecified atom stereocenters. The third-order valence-electron chi connectivity index (χ3n) is 4.15. The lowest BCUT2D eigenvalue weighted by Gasteiger charge is -2.21. The second kappa shape index (κ2) is 6.23. The van der Waals surface area contributed by atoms with Crippen molar-refractivity contribution in [1.29, 1.82) is 0 Å². The largest absolute Gasteiger partial charge is 0.464 e. The minimum atomic E-state index is -4.32. The fourth-order valence-electron chi connectivity index (χ4n) is 3.14. The Labute approximate surface area is 141 Å². The van der Waals surface area contributed by atoms with Gasteiger partial charge in [-0.1, -0.05) is 24.9 Å². The molecule has 1 aromatic carbocycles. The summed E-state index contributed by atoms with van der Waals surface area (Å²) in [5.74, 6) is -0.429. The van der Waals surface area contributed by atoms with Gasteiger partial charge in [-0.15, -0.1) is 0 Å². The van der Waals surface area contributed by atoms with E-state index >= 15 is 0 Å². The third-order valence-corrected chi connectivity index (χ3v) is 5.07. The molecular formula is C16H17F3N2O2S. The Balaban J connectivity index is 2.29. The Morgan fingerprint density at radius 1 is 1.46 bits per heavy atom. The smallest absolute Gasteiger partial charge is 0.391 e. The van der Waals surface area contributed by atoms with Crippen LogP contribution in [0, 0.1) is 0 Å². The lowest BCUT2D eigenvalue weighted by Crippen LogP contribution is -2.23. The number of ether oxygens (including phenoxy) is 1. The summed E-state index contributed by atoms with van der Waals surface area (Å²) in [6, 6.07) is 4.55.